The molecule has 1 aliphatic rings. The second-order valence-electron chi connectivity index (χ2n) is 3.99. The first-order valence-electron chi connectivity index (χ1n) is 5.84. The highest BCUT2D eigenvalue weighted by atomic mass is 32.2. The van der Waals surface area contributed by atoms with Crippen molar-refractivity contribution in [2.24, 2.45) is 0 Å². The van der Waals surface area contributed by atoms with Gasteiger partial charge in [0.25, 0.3) is 0 Å². The van der Waals surface area contributed by atoms with Crippen molar-refractivity contribution in [1.82, 2.24) is 5.32 Å². The molecule has 0 spiro atoms. The fourth-order valence-electron chi connectivity index (χ4n) is 2.02. The van der Waals surface area contributed by atoms with Gasteiger partial charge in [0.2, 0.25) is 0 Å². The highest BCUT2D eigenvalue weighted by Gasteiger charge is 2.19. The van der Waals surface area contributed by atoms with Gasteiger partial charge >= 0.3 is 0 Å². The Morgan fingerprint density at radius 2 is 2.38 bits per heavy atom. The molecular weight excluding hydrogens is 218 g/mol. The lowest BCUT2D eigenvalue weighted by Crippen LogP contribution is -2.28. The molecule has 1 atom stereocenters. The normalized spacial score (nSPS) is 20.8. The van der Waals surface area contributed by atoms with E-state index in [1.165, 1.54) is 16.9 Å². The van der Waals surface area contributed by atoms with E-state index in [-0.39, 0.29) is 0 Å². The van der Waals surface area contributed by atoms with E-state index in [0.717, 1.165) is 25.3 Å². The lowest BCUT2D eigenvalue weighted by atomic mass is 10.0. The molecule has 0 saturated carbocycles. The van der Waals surface area contributed by atoms with E-state index in [9.17, 15) is 0 Å². The van der Waals surface area contributed by atoms with Crippen LogP contribution in [0.15, 0.2) is 18.2 Å². The monoisotopic (exact) mass is 237 g/mol. The summed E-state index contributed by atoms with van der Waals surface area (Å²) in [6.45, 7) is 4.36. The number of hydrogen-bond donors (Lipinski definition) is 1. The first-order valence-corrected chi connectivity index (χ1v) is 6.89. The van der Waals surface area contributed by atoms with Gasteiger partial charge in [-0.3, -0.25) is 0 Å². The molecule has 1 fully saturated rings. The average Bonchev–Trinajstić information content (AvgIpc) is 2.39. The molecule has 1 aromatic carbocycles. The molecule has 88 valence electrons. The third kappa shape index (κ3) is 2.53. The Balaban J connectivity index is 2.27. The summed E-state index contributed by atoms with van der Waals surface area (Å²) in [4.78, 5) is 0. The van der Waals surface area contributed by atoms with Crippen molar-refractivity contribution in [2.75, 3.05) is 26.0 Å². The summed E-state index contributed by atoms with van der Waals surface area (Å²) in [6, 6.07) is 6.55. The molecule has 3 heteroatoms. The molecule has 0 amide bonds. The van der Waals surface area contributed by atoms with Crippen LogP contribution in [-0.4, -0.2) is 26.0 Å². The van der Waals surface area contributed by atoms with Gasteiger partial charge in [0.1, 0.15) is 5.75 Å². The minimum Gasteiger partial charge on any atom is -0.496 e. The summed E-state index contributed by atoms with van der Waals surface area (Å²) >= 11 is 2.02. The zero-order valence-corrected chi connectivity index (χ0v) is 10.8. The number of rotatable bonds is 3. The van der Waals surface area contributed by atoms with Crippen molar-refractivity contribution in [3.63, 3.8) is 0 Å². The minimum atomic E-state index is 0.537. The van der Waals surface area contributed by atoms with Crippen LogP contribution in [0.4, 0.5) is 0 Å². The fourth-order valence-corrected chi connectivity index (χ4v) is 3.17. The van der Waals surface area contributed by atoms with E-state index in [1.807, 2.05) is 11.8 Å². The van der Waals surface area contributed by atoms with Gasteiger partial charge in [0.15, 0.2) is 0 Å². The summed E-state index contributed by atoms with van der Waals surface area (Å²) in [6.07, 6.45) is 1.09. The zero-order chi connectivity index (χ0) is 11.4. The van der Waals surface area contributed by atoms with Gasteiger partial charge in [-0.25, -0.2) is 0 Å². The maximum Gasteiger partial charge on any atom is 0.123 e. The van der Waals surface area contributed by atoms with E-state index in [2.05, 4.69) is 30.4 Å². The van der Waals surface area contributed by atoms with Crippen molar-refractivity contribution in [3.05, 3.63) is 29.3 Å². The Hall–Kier alpha value is -0.670. The van der Waals surface area contributed by atoms with Gasteiger partial charge in [-0.15, -0.1) is 0 Å². The highest BCUT2D eigenvalue weighted by Crippen LogP contribution is 2.36. The van der Waals surface area contributed by atoms with E-state index in [0.29, 0.717) is 5.25 Å². The average molecular weight is 237 g/mol. The molecule has 1 heterocycles. The Morgan fingerprint density at radius 1 is 1.50 bits per heavy atom. The Kier molecular flexibility index (Phi) is 4.13. The van der Waals surface area contributed by atoms with Gasteiger partial charge in [0, 0.05) is 29.7 Å². The predicted molar refractivity (Wildman–Crippen MR) is 70.4 cm³/mol. The van der Waals surface area contributed by atoms with Crippen molar-refractivity contribution in [3.8, 4) is 5.75 Å². The number of benzene rings is 1. The number of aryl methyl sites for hydroxylation is 1. The lowest BCUT2D eigenvalue weighted by molar-refractivity contribution is 0.408. The molecule has 16 heavy (non-hydrogen) atoms. The highest BCUT2D eigenvalue weighted by molar-refractivity contribution is 7.99. The molecule has 1 aliphatic heterocycles. The molecule has 1 saturated heterocycles. The lowest BCUT2D eigenvalue weighted by Gasteiger charge is -2.24. The number of thioether (sulfide) groups is 1. The quantitative estimate of drug-likeness (QED) is 0.873. The summed E-state index contributed by atoms with van der Waals surface area (Å²) in [5.41, 5.74) is 2.74. The summed E-state index contributed by atoms with van der Waals surface area (Å²) in [5, 5.41) is 3.98. The molecule has 0 aliphatic carbocycles. The van der Waals surface area contributed by atoms with Gasteiger partial charge < -0.3 is 10.1 Å². The number of hydrogen-bond acceptors (Lipinski definition) is 3. The van der Waals surface area contributed by atoms with Crippen LogP contribution in [-0.2, 0) is 6.42 Å². The van der Waals surface area contributed by atoms with E-state index < -0.39 is 0 Å². The maximum atomic E-state index is 5.46. The SMILES string of the molecule is CCc1ccc(OC)c(C2CNCCS2)c1. The number of nitrogens with one attached hydrogen (secondary N) is 1. The van der Waals surface area contributed by atoms with Crippen LogP contribution in [0.1, 0.15) is 23.3 Å². The first-order chi connectivity index (χ1) is 7.85. The molecule has 1 unspecified atom stereocenters. The second kappa shape index (κ2) is 5.60. The Bertz CT molecular complexity index is 348. The van der Waals surface area contributed by atoms with Crippen molar-refractivity contribution in [2.45, 2.75) is 18.6 Å². The largest absolute Gasteiger partial charge is 0.496 e. The van der Waals surface area contributed by atoms with E-state index in [4.69, 9.17) is 4.74 Å². The fraction of sp³-hybridized carbons (Fsp3) is 0.538. The molecule has 2 rings (SSSR count). The third-order valence-electron chi connectivity index (χ3n) is 2.98. The van der Waals surface area contributed by atoms with E-state index in [1.54, 1.807) is 7.11 Å². The van der Waals surface area contributed by atoms with Gasteiger partial charge in [0.05, 0.1) is 7.11 Å². The van der Waals surface area contributed by atoms with Crippen LogP contribution in [0.5, 0.6) is 5.75 Å². The van der Waals surface area contributed by atoms with Crippen molar-refractivity contribution in [1.29, 1.82) is 0 Å². The van der Waals surface area contributed by atoms with Crippen LogP contribution in [0.25, 0.3) is 0 Å². The van der Waals surface area contributed by atoms with Crippen LogP contribution in [0.2, 0.25) is 0 Å². The Morgan fingerprint density at radius 3 is 3.00 bits per heavy atom. The maximum absolute atomic E-state index is 5.46. The molecule has 1 aromatic rings. The second-order valence-corrected chi connectivity index (χ2v) is 5.30. The molecule has 0 radical (unpaired) electrons. The number of methoxy groups -OCH3 is 1. The number of ether oxygens (including phenoxy) is 1. The Labute approximate surface area is 102 Å². The smallest absolute Gasteiger partial charge is 0.123 e. The predicted octanol–water partition coefficient (Wildman–Crippen LogP) is 2.64. The molecule has 2 nitrogen and oxygen atoms in total. The molecule has 1 N–H and O–H groups in total. The summed E-state index contributed by atoms with van der Waals surface area (Å²) in [7, 11) is 1.76. The van der Waals surface area contributed by atoms with Crippen LogP contribution >= 0.6 is 11.8 Å². The van der Waals surface area contributed by atoms with Crippen LogP contribution < -0.4 is 10.1 Å². The molecule has 0 aromatic heterocycles. The summed E-state index contributed by atoms with van der Waals surface area (Å²) in [5.74, 6) is 2.21. The van der Waals surface area contributed by atoms with Gasteiger partial charge in [-0.05, 0) is 18.1 Å². The summed E-state index contributed by atoms with van der Waals surface area (Å²) < 4.78 is 5.46. The minimum absolute atomic E-state index is 0.537. The first kappa shape index (κ1) is 11.8. The van der Waals surface area contributed by atoms with Gasteiger partial charge in [-0.2, -0.15) is 11.8 Å². The van der Waals surface area contributed by atoms with Crippen LogP contribution in [0.3, 0.4) is 0 Å². The zero-order valence-electron chi connectivity index (χ0n) is 9.95. The molecule has 0 bridgehead atoms. The topological polar surface area (TPSA) is 21.3 Å². The van der Waals surface area contributed by atoms with Gasteiger partial charge in [-0.1, -0.05) is 19.1 Å². The van der Waals surface area contributed by atoms with Crippen LogP contribution in [0, 0.1) is 0 Å². The molecular formula is C13H19NOS. The standard InChI is InChI=1S/C13H19NOS/c1-3-10-4-5-12(15-2)11(8-10)13-9-14-6-7-16-13/h4-5,8,13-14H,3,6-7,9H2,1-2H3. The van der Waals surface area contributed by atoms with Crippen molar-refractivity contribution < 1.29 is 4.74 Å². The third-order valence-corrected chi connectivity index (χ3v) is 4.24. The van der Waals surface area contributed by atoms with E-state index >= 15 is 0 Å². The van der Waals surface area contributed by atoms with Crippen molar-refractivity contribution >= 4 is 11.8 Å².